The average molecular weight is 512 g/mol. The minimum Gasteiger partial charge on any atom is -0.361 e. The van der Waals surface area contributed by atoms with E-state index in [0.717, 1.165) is 33.4 Å². The number of pyridine rings is 2. The minimum absolute atomic E-state index is 0.0560. The summed E-state index contributed by atoms with van der Waals surface area (Å²) in [4.78, 5) is 43.5. The lowest BCUT2D eigenvalue weighted by Crippen LogP contribution is -2.30. The molecular weight excluding hydrogens is 482 g/mol. The Morgan fingerprint density at radius 1 is 1.29 bits per heavy atom. The van der Waals surface area contributed by atoms with E-state index in [1.54, 1.807) is 12.3 Å². The molecule has 0 fully saturated rings. The van der Waals surface area contributed by atoms with Gasteiger partial charge in [-0.15, -0.1) is 11.3 Å². The zero-order chi connectivity index (χ0) is 25.2. The highest BCUT2D eigenvalue weighted by atomic mass is 32.1. The van der Waals surface area contributed by atoms with E-state index in [9.17, 15) is 9.59 Å². The summed E-state index contributed by atoms with van der Waals surface area (Å²) in [5.41, 5.74) is 2.78. The predicted molar refractivity (Wildman–Crippen MR) is 140 cm³/mol. The van der Waals surface area contributed by atoms with Gasteiger partial charge < -0.3 is 9.72 Å². The molecule has 0 radical (unpaired) electrons. The second kappa shape index (κ2) is 10.2. The van der Waals surface area contributed by atoms with Crippen molar-refractivity contribution in [3.8, 4) is 21.8 Å². The van der Waals surface area contributed by atoms with Crippen molar-refractivity contribution in [2.45, 2.75) is 32.4 Å². The van der Waals surface area contributed by atoms with Crippen molar-refractivity contribution in [2.24, 2.45) is 0 Å². The van der Waals surface area contributed by atoms with Crippen LogP contribution in [-0.2, 0) is 16.3 Å². The summed E-state index contributed by atoms with van der Waals surface area (Å²) in [7, 11) is 1.67. The summed E-state index contributed by atoms with van der Waals surface area (Å²) in [6.45, 7) is 7.42. The molecule has 4 aromatic heterocycles. The Kier molecular flexibility index (Phi) is 7.31. The van der Waals surface area contributed by atoms with Crippen LogP contribution in [-0.4, -0.2) is 59.3 Å². The molecule has 4 aromatic rings. The number of carbonyl (C=O) groups excluding carboxylic acids is 1. The zero-order valence-electron chi connectivity index (χ0n) is 20.5. The van der Waals surface area contributed by atoms with Crippen molar-refractivity contribution in [2.75, 3.05) is 20.8 Å². The number of hydroxylamine groups is 2. The number of amides is 1. The summed E-state index contributed by atoms with van der Waals surface area (Å²) in [6.07, 6.45) is 5.09. The first-order valence-corrected chi connectivity index (χ1v) is 15.8. The van der Waals surface area contributed by atoms with Gasteiger partial charge in [-0.25, -0.2) is 15.0 Å². The van der Waals surface area contributed by atoms with Crippen LogP contribution in [0.2, 0.25) is 25.7 Å². The summed E-state index contributed by atoms with van der Waals surface area (Å²) in [5, 5.41) is 4.48. The van der Waals surface area contributed by atoms with Gasteiger partial charge in [0.2, 0.25) is 0 Å². The third-order valence-corrected chi connectivity index (χ3v) is 8.16. The standard InChI is InChI=1S/C24H29N5O4SSi/c1-28(32-2)23(30)16-11-18(24(31)29(13-16)15-33-9-10-35(3,4)5)22-27-20(14-34-22)19-12-26-21-17(19)7-6-8-25-21/h6-8,11-14H,9-10,15H2,1-5H3,(H,25,26). The first-order chi connectivity index (χ1) is 16.7. The number of H-pyrrole nitrogens is 1. The van der Waals surface area contributed by atoms with Crippen LogP contribution in [0.5, 0.6) is 0 Å². The molecule has 0 saturated heterocycles. The molecule has 0 aromatic carbocycles. The van der Waals surface area contributed by atoms with E-state index < -0.39 is 8.07 Å². The molecule has 9 nitrogen and oxygen atoms in total. The maximum absolute atomic E-state index is 13.4. The molecular formula is C24H29N5O4SSi. The van der Waals surface area contributed by atoms with Gasteiger partial charge in [-0.1, -0.05) is 19.6 Å². The van der Waals surface area contributed by atoms with Gasteiger partial charge in [0.15, 0.2) is 0 Å². The molecule has 0 atom stereocenters. The molecule has 0 saturated carbocycles. The summed E-state index contributed by atoms with van der Waals surface area (Å²) in [6, 6.07) is 6.39. The van der Waals surface area contributed by atoms with Gasteiger partial charge in [0.1, 0.15) is 17.4 Å². The monoisotopic (exact) mass is 511 g/mol. The number of fused-ring (bicyclic) bond motifs is 1. The fourth-order valence-corrected chi connectivity index (χ4v) is 5.08. The van der Waals surface area contributed by atoms with Crippen LogP contribution in [0.4, 0.5) is 0 Å². The Bertz CT molecular complexity index is 1400. The van der Waals surface area contributed by atoms with Gasteiger partial charge in [0, 0.05) is 56.6 Å². The van der Waals surface area contributed by atoms with Crippen molar-refractivity contribution < 1.29 is 14.4 Å². The van der Waals surface area contributed by atoms with Crippen LogP contribution in [0, 0.1) is 0 Å². The van der Waals surface area contributed by atoms with Crippen molar-refractivity contribution >= 4 is 36.4 Å². The van der Waals surface area contributed by atoms with Gasteiger partial charge in [-0.2, -0.15) is 0 Å². The van der Waals surface area contributed by atoms with Crippen molar-refractivity contribution in [1.82, 2.24) is 24.6 Å². The third kappa shape index (κ3) is 5.59. The quantitative estimate of drug-likeness (QED) is 0.202. The maximum atomic E-state index is 13.4. The van der Waals surface area contributed by atoms with Crippen LogP contribution in [0.25, 0.3) is 32.9 Å². The second-order valence-electron chi connectivity index (χ2n) is 9.39. The Morgan fingerprint density at radius 2 is 2.09 bits per heavy atom. The number of nitrogens with zero attached hydrogens (tertiary/aromatic N) is 4. The van der Waals surface area contributed by atoms with Crippen LogP contribution in [0.15, 0.2) is 47.0 Å². The van der Waals surface area contributed by atoms with E-state index in [1.807, 2.05) is 23.7 Å². The molecule has 0 unspecified atom stereocenters. The van der Waals surface area contributed by atoms with Crippen LogP contribution < -0.4 is 5.56 Å². The number of hydrogen-bond acceptors (Lipinski definition) is 7. The first-order valence-electron chi connectivity index (χ1n) is 11.2. The highest BCUT2D eigenvalue weighted by Gasteiger charge is 2.20. The lowest BCUT2D eigenvalue weighted by Gasteiger charge is -2.17. The molecule has 1 amide bonds. The second-order valence-corrected chi connectivity index (χ2v) is 15.9. The molecule has 0 spiro atoms. The van der Waals surface area contributed by atoms with Gasteiger partial charge in [0.25, 0.3) is 11.5 Å². The molecule has 35 heavy (non-hydrogen) atoms. The molecule has 0 aliphatic carbocycles. The summed E-state index contributed by atoms with van der Waals surface area (Å²) < 4.78 is 7.24. The number of nitrogens with one attached hydrogen (secondary N) is 1. The lowest BCUT2D eigenvalue weighted by molar-refractivity contribution is -0.0757. The van der Waals surface area contributed by atoms with E-state index in [4.69, 9.17) is 14.6 Å². The fourth-order valence-electron chi connectivity index (χ4n) is 3.50. The largest absolute Gasteiger partial charge is 0.361 e. The number of rotatable bonds is 9. The lowest BCUT2D eigenvalue weighted by atomic mass is 10.1. The smallest absolute Gasteiger partial charge is 0.278 e. The summed E-state index contributed by atoms with van der Waals surface area (Å²) in [5.74, 6) is -0.371. The highest BCUT2D eigenvalue weighted by Crippen LogP contribution is 2.31. The number of thiazole rings is 1. The van der Waals surface area contributed by atoms with E-state index in [0.29, 0.717) is 22.7 Å². The van der Waals surface area contributed by atoms with E-state index in [-0.39, 0.29) is 18.2 Å². The molecule has 4 heterocycles. The van der Waals surface area contributed by atoms with E-state index in [2.05, 4.69) is 29.6 Å². The molecule has 0 aliphatic rings. The van der Waals surface area contributed by atoms with Crippen molar-refractivity contribution in [3.63, 3.8) is 0 Å². The SMILES string of the molecule is CON(C)C(=O)c1cc(-c2nc(-c3c[nH]c4ncccc34)cs2)c(=O)n(COCC[Si](C)(C)C)c1. The van der Waals surface area contributed by atoms with Crippen molar-refractivity contribution in [1.29, 1.82) is 0 Å². The van der Waals surface area contributed by atoms with Gasteiger partial charge in [-0.3, -0.25) is 19.0 Å². The van der Waals surface area contributed by atoms with E-state index >= 15 is 0 Å². The number of ether oxygens (including phenoxy) is 1. The Morgan fingerprint density at radius 3 is 2.83 bits per heavy atom. The number of carbonyl (C=O) groups is 1. The molecule has 1 N–H and O–H groups in total. The van der Waals surface area contributed by atoms with E-state index in [1.165, 1.54) is 36.3 Å². The molecule has 0 bridgehead atoms. The third-order valence-electron chi connectivity index (χ3n) is 5.58. The Labute approximate surface area is 208 Å². The number of aromatic nitrogens is 4. The van der Waals surface area contributed by atoms with Gasteiger partial charge in [0.05, 0.1) is 23.9 Å². The van der Waals surface area contributed by atoms with Crippen LogP contribution >= 0.6 is 11.3 Å². The molecule has 184 valence electrons. The number of aromatic amines is 1. The topological polar surface area (TPSA) is 102 Å². The van der Waals surface area contributed by atoms with Crippen molar-refractivity contribution in [3.05, 3.63) is 58.1 Å². The summed E-state index contributed by atoms with van der Waals surface area (Å²) >= 11 is 1.35. The Balaban J connectivity index is 1.70. The van der Waals surface area contributed by atoms with Crippen LogP contribution in [0.3, 0.4) is 0 Å². The van der Waals surface area contributed by atoms with Crippen LogP contribution in [0.1, 0.15) is 10.4 Å². The van der Waals surface area contributed by atoms with Gasteiger partial charge >= 0.3 is 0 Å². The van der Waals surface area contributed by atoms with Gasteiger partial charge in [-0.05, 0) is 24.2 Å². The maximum Gasteiger partial charge on any atom is 0.278 e. The number of hydrogen-bond donors (Lipinski definition) is 1. The first kappa shape index (κ1) is 25.0. The average Bonchev–Trinajstić information content (AvgIpc) is 3.48. The fraction of sp³-hybridized carbons (Fsp3) is 0.333. The normalized spacial score (nSPS) is 11.8. The zero-order valence-corrected chi connectivity index (χ0v) is 22.3. The molecule has 0 aliphatic heterocycles. The predicted octanol–water partition coefficient (Wildman–Crippen LogP) is 4.46. The molecule has 11 heteroatoms. The Hall–Kier alpha value is -3.12. The molecule has 4 rings (SSSR count). The highest BCUT2D eigenvalue weighted by molar-refractivity contribution is 7.13. The minimum atomic E-state index is -1.27.